The number of nitrogens with zero attached hydrogens (tertiary/aromatic N) is 1. The van der Waals surface area contributed by atoms with E-state index in [2.05, 4.69) is 43.3 Å². The van der Waals surface area contributed by atoms with Crippen molar-refractivity contribution in [2.24, 2.45) is 4.99 Å². The second-order valence-corrected chi connectivity index (χ2v) is 4.21. The van der Waals surface area contributed by atoms with Gasteiger partial charge < -0.3 is 0 Å². The van der Waals surface area contributed by atoms with Crippen LogP contribution in [-0.4, -0.2) is 6.21 Å². The van der Waals surface area contributed by atoms with Crippen LogP contribution >= 0.6 is 0 Å². The van der Waals surface area contributed by atoms with Gasteiger partial charge in [-0.2, -0.15) is 0 Å². The summed E-state index contributed by atoms with van der Waals surface area (Å²) in [5.41, 5.74) is 2.30. The van der Waals surface area contributed by atoms with Crippen molar-refractivity contribution >= 4 is 6.21 Å². The highest BCUT2D eigenvalue weighted by Crippen LogP contribution is 2.11. The molecule has 0 aliphatic carbocycles. The minimum absolute atomic E-state index is 1.08. The third kappa shape index (κ3) is 8.67. The molecule has 96 valence electrons. The van der Waals surface area contributed by atoms with Crippen molar-refractivity contribution in [1.29, 1.82) is 0 Å². The molecular formula is C16H27N. The molecule has 0 aromatic rings. The summed E-state index contributed by atoms with van der Waals surface area (Å²) in [5.74, 6) is 0. The molecular weight excluding hydrogens is 206 g/mol. The Kier molecular flexibility index (Phi) is 10.6. The molecule has 0 atom stereocenters. The van der Waals surface area contributed by atoms with Crippen LogP contribution in [0.2, 0.25) is 0 Å². The average Bonchev–Trinajstić information content (AvgIpc) is 2.35. The van der Waals surface area contributed by atoms with Crippen LogP contribution in [0.3, 0.4) is 0 Å². The van der Waals surface area contributed by atoms with E-state index >= 15 is 0 Å². The summed E-state index contributed by atoms with van der Waals surface area (Å²) >= 11 is 0. The van der Waals surface area contributed by atoms with Crippen molar-refractivity contribution in [1.82, 2.24) is 0 Å². The van der Waals surface area contributed by atoms with Crippen LogP contribution in [-0.2, 0) is 0 Å². The summed E-state index contributed by atoms with van der Waals surface area (Å²) in [7, 11) is 0. The fourth-order valence-corrected chi connectivity index (χ4v) is 1.56. The van der Waals surface area contributed by atoms with Crippen molar-refractivity contribution in [2.45, 2.75) is 59.8 Å². The van der Waals surface area contributed by atoms with Gasteiger partial charge in [0, 0.05) is 6.21 Å². The summed E-state index contributed by atoms with van der Waals surface area (Å²) in [6, 6.07) is 0. The van der Waals surface area contributed by atoms with Crippen LogP contribution in [0.15, 0.2) is 40.6 Å². The Labute approximate surface area is 107 Å². The average molecular weight is 233 g/mol. The predicted molar refractivity (Wildman–Crippen MR) is 79.6 cm³/mol. The van der Waals surface area contributed by atoms with E-state index in [1.807, 2.05) is 19.9 Å². The maximum Gasteiger partial charge on any atom is 0.0612 e. The molecule has 0 N–H and O–H groups in total. The largest absolute Gasteiger partial charge is 0.261 e. The molecule has 0 bridgehead atoms. The van der Waals surface area contributed by atoms with Crippen molar-refractivity contribution in [3.8, 4) is 0 Å². The van der Waals surface area contributed by atoms with E-state index in [1.54, 1.807) is 0 Å². The van der Waals surface area contributed by atoms with Gasteiger partial charge in [-0.05, 0) is 39.2 Å². The zero-order chi connectivity index (χ0) is 12.9. The Hall–Kier alpha value is -1.11. The van der Waals surface area contributed by atoms with Crippen LogP contribution in [0.4, 0.5) is 0 Å². The van der Waals surface area contributed by atoms with Gasteiger partial charge in [0.2, 0.25) is 0 Å². The number of hydrogen-bond acceptors (Lipinski definition) is 1. The Balaban J connectivity index is 4.09. The minimum atomic E-state index is 1.08. The molecule has 0 rings (SSSR count). The predicted octanol–water partition coefficient (Wildman–Crippen LogP) is 5.45. The Morgan fingerprint density at radius 1 is 1.12 bits per heavy atom. The lowest BCUT2D eigenvalue weighted by molar-refractivity contribution is 0.685. The molecule has 0 aromatic carbocycles. The smallest absolute Gasteiger partial charge is 0.0612 e. The summed E-state index contributed by atoms with van der Waals surface area (Å²) in [5, 5.41) is 0. The fraction of sp³-hybridized carbons (Fsp3) is 0.562. The molecule has 0 unspecified atom stereocenters. The number of unbranched alkanes of at least 4 members (excludes halogenated alkanes) is 4. The summed E-state index contributed by atoms with van der Waals surface area (Å²) in [6.07, 6.45) is 16.6. The van der Waals surface area contributed by atoms with E-state index in [9.17, 15) is 0 Å². The molecule has 1 nitrogen and oxygen atoms in total. The monoisotopic (exact) mass is 233 g/mol. The van der Waals surface area contributed by atoms with E-state index in [0.717, 1.165) is 12.1 Å². The quantitative estimate of drug-likeness (QED) is 0.300. The van der Waals surface area contributed by atoms with Crippen LogP contribution in [0.5, 0.6) is 0 Å². The van der Waals surface area contributed by atoms with Gasteiger partial charge in [0.15, 0.2) is 0 Å². The SMILES string of the molecule is C\C=C/C=C(C)/C(=C/C)/N=C/CCCCCC. The highest BCUT2D eigenvalue weighted by atomic mass is 14.7. The molecule has 17 heavy (non-hydrogen) atoms. The van der Waals surface area contributed by atoms with E-state index < -0.39 is 0 Å². The van der Waals surface area contributed by atoms with Gasteiger partial charge in [-0.25, -0.2) is 0 Å². The lowest BCUT2D eigenvalue weighted by atomic mass is 10.1. The lowest BCUT2D eigenvalue weighted by Crippen LogP contribution is -1.84. The number of rotatable bonds is 8. The topological polar surface area (TPSA) is 12.4 Å². The Morgan fingerprint density at radius 2 is 1.88 bits per heavy atom. The lowest BCUT2D eigenvalue weighted by Gasteiger charge is -2.00. The van der Waals surface area contributed by atoms with Crippen molar-refractivity contribution in [3.63, 3.8) is 0 Å². The Bertz CT molecular complexity index is 293. The first-order valence-corrected chi connectivity index (χ1v) is 6.75. The van der Waals surface area contributed by atoms with Crippen molar-refractivity contribution < 1.29 is 0 Å². The van der Waals surface area contributed by atoms with E-state index in [0.29, 0.717) is 0 Å². The molecule has 1 heteroatoms. The van der Waals surface area contributed by atoms with E-state index in [4.69, 9.17) is 0 Å². The number of aliphatic imine (C=N–C) groups is 1. The zero-order valence-electron chi connectivity index (χ0n) is 11.9. The van der Waals surface area contributed by atoms with Gasteiger partial charge in [0.1, 0.15) is 0 Å². The molecule has 0 aliphatic rings. The molecule has 0 saturated carbocycles. The normalized spacial score (nSPS) is 14.1. The second-order valence-electron chi connectivity index (χ2n) is 4.21. The van der Waals surface area contributed by atoms with Gasteiger partial charge in [-0.1, -0.05) is 50.5 Å². The van der Waals surface area contributed by atoms with Crippen molar-refractivity contribution in [3.05, 3.63) is 35.6 Å². The van der Waals surface area contributed by atoms with Gasteiger partial charge in [0.05, 0.1) is 5.70 Å². The number of hydrogen-bond donors (Lipinski definition) is 0. The van der Waals surface area contributed by atoms with E-state index in [-0.39, 0.29) is 0 Å². The first-order valence-electron chi connectivity index (χ1n) is 6.75. The van der Waals surface area contributed by atoms with Gasteiger partial charge in [-0.3, -0.25) is 4.99 Å². The van der Waals surface area contributed by atoms with Gasteiger partial charge in [-0.15, -0.1) is 0 Å². The molecule has 0 heterocycles. The maximum atomic E-state index is 4.53. The van der Waals surface area contributed by atoms with Crippen LogP contribution in [0.1, 0.15) is 59.8 Å². The summed E-state index contributed by atoms with van der Waals surface area (Å²) < 4.78 is 0. The van der Waals surface area contributed by atoms with Crippen molar-refractivity contribution in [2.75, 3.05) is 0 Å². The Morgan fingerprint density at radius 3 is 2.47 bits per heavy atom. The zero-order valence-corrected chi connectivity index (χ0v) is 11.9. The van der Waals surface area contributed by atoms with Gasteiger partial charge >= 0.3 is 0 Å². The highest BCUT2D eigenvalue weighted by molar-refractivity contribution is 5.60. The summed E-state index contributed by atoms with van der Waals surface area (Å²) in [6.45, 7) is 8.40. The third-order valence-corrected chi connectivity index (χ3v) is 2.63. The third-order valence-electron chi connectivity index (χ3n) is 2.63. The first-order chi connectivity index (χ1) is 8.26. The molecule has 0 fully saturated rings. The molecule has 0 saturated heterocycles. The molecule has 0 radical (unpaired) electrons. The first kappa shape index (κ1) is 15.9. The van der Waals surface area contributed by atoms with Crippen LogP contribution in [0.25, 0.3) is 0 Å². The fourth-order valence-electron chi connectivity index (χ4n) is 1.56. The molecule has 0 spiro atoms. The summed E-state index contributed by atoms with van der Waals surface area (Å²) in [4.78, 5) is 4.53. The standard InChI is InChI=1S/C16H27N/c1-5-8-10-11-12-14-17-16(7-3)15(4)13-9-6-2/h6-7,9,13-14H,5,8,10-12H2,1-4H3/b9-6-,15-13+,16-7-,17-14+. The molecule has 0 aromatic heterocycles. The molecule has 0 amide bonds. The number of allylic oxidation sites excluding steroid dienone is 5. The van der Waals surface area contributed by atoms with Gasteiger partial charge in [0.25, 0.3) is 0 Å². The van der Waals surface area contributed by atoms with Crippen LogP contribution < -0.4 is 0 Å². The maximum absolute atomic E-state index is 4.53. The molecule has 0 aliphatic heterocycles. The van der Waals surface area contributed by atoms with Crippen LogP contribution in [0, 0.1) is 0 Å². The van der Waals surface area contributed by atoms with E-state index in [1.165, 1.54) is 31.3 Å². The minimum Gasteiger partial charge on any atom is -0.261 e. The second kappa shape index (κ2) is 11.4. The highest BCUT2D eigenvalue weighted by Gasteiger charge is 1.93.